The van der Waals surface area contributed by atoms with Gasteiger partial charge in [-0.1, -0.05) is 45.6 Å². The lowest BCUT2D eigenvalue weighted by atomic mass is 9.99. The van der Waals surface area contributed by atoms with Gasteiger partial charge in [0, 0.05) is 6.04 Å². The molecule has 1 aromatic heterocycles. The Bertz CT molecular complexity index is 600. The third kappa shape index (κ3) is 4.46. The van der Waals surface area contributed by atoms with Gasteiger partial charge in [-0.15, -0.1) is 0 Å². The monoisotopic (exact) mass is 290 g/mol. The number of benzene rings is 1. The van der Waals surface area contributed by atoms with E-state index in [0.717, 1.165) is 24.9 Å². The molecule has 0 aliphatic heterocycles. The Morgan fingerprint density at radius 3 is 2.81 bits per heavy atom. The van der Waals surface area contributed by atoms with Gasteiger partial charge in [0.2, 0.25) is 0 Å². The summed E-state index contributed by atoms with van der Waals surface area (Å²) >= 11 is 0. The highest BCUT2D eigenvalue weighted by Gasteiger charge is 2.12. The van der Waals surface area contributed by atoms with Crippen LogP contribution in [0.15, 0.2) is 27.4 Å². The molecule has 2 aromatic rings. The largest absolute Gasteiger partial charge is 0.417 e. The van der Waals surface area contributed by atoms with E-state index in [1.54, 1.807) is 0 Å². The molecule has 2 rings (SSSR count). The minimum absolute atomic E-state index is 0.339. The molecular weight excluding hydrogens is 264 g/mol. The molecular formula is C17H26N2O2. The van der Waals surface area contributed by atoms with E-state index in [1.165, 1.54) is 31.2 Å². The van der Waals surface area contributed by atoms with E-state index in [0.29, 0.717) is 11.6 Å². The van der Waals surface area contributed by atoms with Gasteiger partial charge in [-0.3, -0.25) is 4.98 Å². The van der Waals surface area contributed by atoms with Gasteiger partial charge in [0.25, 0.3) is 0 Å². The van der Waals surface area contributed by atoms with Crippen molar-refractivity contribution in [2.75, 3.05) is 6.54 Å². The Balaban J connectivity index is 2.10. The van der Waals surface area contributed by atoms with Crippen molar-refractivity contribution in [2.45, 2.75) is 58.4 Å². The first-order chi connectivity index (χ1) is 10.2. The molecule has 1 heterocycles. The molecule has 0 amide bonds. The van der Waals surface area contributed by atoms with Crippen LogP contribution in [0.2, 0.25) is 0 Å². The van der Waals surface area contributed by atoms with Gasteiger partial charge in [-0.2, -0.15) is 0 Å². The van der Waals surface area contributed by atoms with Crippen LogP contribution in [0.5, 0.6) is 0 Å². The molecule has 4 nitrogen and oxygen atoms in total. The standard InChI is InChI=1S/C17H26N2O2/c1-3-5-6-7-8-14(18-11-4-2)13-9-10-15-16(12-13)21-17(20)19-15/h9-10,12,14,18H,3-8,11H2,1-2H3,(H,19,20). The molecule has 0 spiro atoms. The minimum Gasteiger partial charge on any atom is -0.408 e. The Hall–Kier alpha value is -1.55. The molecule has 0 bridgehead atoms. The number of H-pyrrole nitrogens is 1. The van der Waals surface area contributed by atoms with Gasteiger partial charge in [-0.25, -0.2) is 4.79 Å². The van der Waals surface area contributed by atoms with Crippen LogP contribution in [-0.2, 0) is 0 Å². The van der Waals surface area contributed by atoms with Crippen molar-refractivity contribution in [3.8, 4) is 0 Å². The number of aromatic nitrogens is 1. The van der Waals surface area contributed by atoms with E-state index in [2.05, 4.69) is 30.2 Å². The van der Waals surface area contributed by atoms with Crippen molar-refractivity contribution in [3.63, 3.8) is 0 Å². The number of fused-ring (bicyclic) bond motifs is 1. The van der Waals surface area contributed by atoms with Crippen LogP contribution >= 0.6 is 0 Å². The van der Waals surface area contributed by atoms with E-state index >= 15 is 0 Å². The lowest BCUT2D eigenvalue weighted by molar-refractivity contribution is 0.470. The van der Waals surface area contributed by atoms with E-state index in [1.807, 2.05) is 12.1 Å². The van der Waals surface area contributed by atoms with Crippen LogP contribution in [0.3, 0.4) is 0 Å². The molecule has 4 heteroatoms. The quantitative estimate of drug-likeness (QED) is 0.683. The Morgan fingerprint density at radius 1 is 1.19 bits per heavy atom. The second-order valence-electron chi connectivity index (χ2n) is 5.63. The minimum atomic E-state index is -0.386. The molecule has 0 radical (unpaired) electrons. The molecule has 0 saturated carbocycles. The maximum atomic E-state index is 11.2. The highest BCUT2D eigenvalue weighted by atomic mass is 16.4. The van der Waals surface area contributed by atoms with Crippen molar-refractivity contribution >= 4 is 11.1 Å². The van der Waals surface area contributed by atoms with Crippen LogP contribution in [0.25, 0.3) is 11.1 Å². The molecule has 1 atom stereocenters. The predicted octanol–water partition coefficient (Wildman–Crippen LogP) is 4.13. The summed E-state index contributed by atoms with van der Waals surface area (Å²) in [7, 11) is 0. The van der Waals surface area contributed by atoms with E-state index in [4.69, 9.17) is 4.42 Å². The number of rotatable bonds is 9. The van der Waals surface area contributed by atoms with Crippen LogP contribution in [0, 0.1) is 0 Å². The number of hydrogen-bond acceptors (Lipinski definition) is 3. The maximum Gasteiger partial charge on any atom is 0.417 e. The summed E-state index contributed by atoms with van der Waals surface area (Å²) in [4.78, 5) is 13.9. The summed E-state index contributed by atoms with van der Waals surface area (Å²) in [5.74, 6) is -0.386. The first kappa shape index (κ1) is 15.8. The zero-order chi connectivity index (χ0) is 15.1. The topological polar surface area (TPSA) is 58.0 Å². The molecule has 0 aliphatic carbocycles. The molecule has 0 aliphatic rings. The molecule has 1 aromatic carbocycles. The first-order valence-corrected chi connectivity index (χ1v) is 8.10. The lowest BCUT2D eigenvalue weighted by Gasteiger charge is -2.19. The molecule has 2 N–H and O–H groups in total. The summed E-state index contributed by atoms with van der Waals surface area (Å²) in [6, 6.07) is 6.34. The summed E-state index contributed by atoms with van der Waals surface area (Å²) in [6.45, 7) is 5.41. The highest BCUT2D eigenvalue weighted by molar-refractivity contribution is 5.72. The SMILES string of the molecule is CCCCCCC(NCCC)c1ccc2[nH]c(=O)oc2c1. The van der Waals surface area contributed by atoms with Gasteiger partial charge in [0.05, 0.1) is 5.52 Å². The van der Waals surface area contributed by atoms with E-state index < -0.39 is 0 Å². The second kappa shape index (κ2) is 8.03. The average molecular weight is 290 g/mol. The van der Waals surface area contributed by atoms with Crippen molar-refractivity contribution in [1.29, 1.82) is 0 Å². The maximum absolute atomic E-state index is 11.2. The Kier molecular flexibility index (Phi) is 6.05. The van der Waals surface area contributed by atoms with Gasteiger partial charge < -0.3 is 9.73 Å². The van der Waals surface area contributed by atoms with Gasteiger partial charge >= 0.3 is 5.76 Å². The third-order valence-electron chi connectivity index (χ3n) is 3.83. The predicted molar refractivity (Wildman–Crippen MR) is 86.6 cm³/mol. The van der Waals surface area contributed by atoms with Crippen molar-refractivity contribution in [3.05, 3.63) is 34.3 Å². The molecule has 1 unspecified atom stereocenters. The summed E-state index contributed by atoms with van der Waals surface area (Å²) in [6.07, 6.45) is 7.31. The Morgan fingerprint density at radius 2 is 2.05 bits per heavy atom. The molecule has 116 valence electrons. The zero-order valence-corrected chi connectivity index (χ0v) is 13.1. The summed E-state index contributed by atoms with van der Waals surface area (Å²) in [5.41, 5.74) is 2.62. The van der Waals surface area contributed by atoms with Crippen LogP contribution in [0.4, 0.5) is 0 Å². The van der Waals surface area contributed by atoms with Crippen LogP contribution < -0.4 is 11.1 Å². The fourth-order valence-corrected chi connectivity index (χ4v) is 2.66. The van der Waals surface area contributed by atoms with Crippen molar-refractivity contribution < 1.29 is 4.42 Å². The van der Waals surface area contributed by atoms with Crippen LogP contribution in [0.1, 0.15) is 64.0 Å². The second-order valence-corrected chi connectivity index (χ2v) is 5.63. The van der Waals surface area contributed by atoms with Gasteiger partial charge in [-0.05, 0) is 37.1 Å². The van der Waals surface area contributed by atoms with E-state index in [9.17, 15) is 4.79 Å². The average Bonchev–Trinajstić information content (AvgIpc) is 2.85. The number of nitrogens with one attached hydrogen (secondary N) is 2. The number of oxazole rings is 1. The van der Waals surface area contributed by atoms with Crippen LogP contribution in [-0.4, -0.2) is 11.5 Å². The molecule has 0 fully saturated rings. The Labute approximate surface area is 125 Å². The molecule has 21 heavy (non-hydrogen) atoms. The van der Waals surface area contributed by atoms with Crippen molar-refractivity contribution in [1.82, 2.24) is 10.3 Å². The van der Waals surface area contributed by atoms with E-state index in [-0.39, 0.29) is 5.76 Å². The summed E-state index contributed by atoms with van der Waals surface area (Å²) in [5, 5.41) is 3.60. The lowest BCUT2D eigenvalue weighted by Crippen LogP contribution is -2.22. The smallest absolute Gasteiger partial charge is 0.408 e. The van der Waals surface area contributed by atoms with Gasteiger partial charge in [0.15, 0.2) is 5.58 Å². The molecule has 0 saturated heterocycles. The fraction of sp³-hybridized carbons (Fsp3) is 0.588. The normalized spacial score (nSPS) is 12.9. The number of unbranched alkanes of at least 4 members (excludes halogenated alkanes) is 3. The summed E-state index contributed by atoms with van der Waals surface area (Å²) < 4.78 is 5.17. The number of aromatic amines is 1. The van der Waals surface area contributed by atoms with Gasteiger partial charge in [0.1, 0.15) is 0 Å². The first-order valence-electron chi connectivity index (χ1n) is 8.10. The third-order valence-corrected chi connectivity index (χ3v) is 3.83. The fourth-order valence-electron chi connectivity index (χ4n) is 2.66. The van der Waals surface area contributed by atoms with Crippen molar-refractivity contribution in [2.24, 2.45) is 0 Å². The highest BCUT2D eigenvalue weighted by Crippen LogP contribution is 2.23. The zero-order valence-electron chi connectivity index (χ0n) is 13.1. The number of hydrogen-bond donors (Lipinski definition) is 2.